The molecule has 1 saturated heterocycles. The van der Waals surface area contributed by atoms with Crippen LogP contribution in [0.2, 0.25) is 5.02 Å². The van der Waals surface area contributed by atoms with Crippen LogP contribution in [-0.2, 0) is 6.54 Å². The van der Waals surface area contributed by atoms with E-state index in [2.05, 4.69) is 14.5 Å². The lowest BCUT2D eigenvalue weighted by Crippen LogP contribution is -2.38. The van der Waals surface area contributed by atoms with E-state index in [0.717, 1.165) is 36.6 Å². The lowest BCUT2D eigenvalue weighted by molar-refractivity contribution is 0.0805. The van der Waals surface area contributed by atoms with Gasteiger partial charge in [0, 0.05) is 35.6 Å². The van der Waals surface area contributed by atoms with Crippen molar-refractivity contribution in [3.05, 3.63) is 71.3 Å². The summed E-state index contributed by atoms with van der Waals surface area (Å²) in [6.45, 7) is 2.30. The highest BCUT2D eigenvalue weighted by molar-refractivity contribution is 6.31. The molecule has 1 atom stereocenters. The molecule has 0 radical (unpaired) electrons. The van der Waals surface area contributed by atoms with Gasteiger partial charge in [0.05, 0.1) is 26.3 Å². The van der Waals surface area contributed by atoms with Gasteiger partial charge in [0.15, 0.2) is 5.78 Å². The Morgan fingerprint density at radius 2 is 1.97 bits per heavy atom. The smallest absolute Gasteiger partial charge is 0.170 e. The van der Waals surface area contributed by atoms with Gasteiger partial charge in [-0.25, -0.2) is 4.98 Å². The summed E-state index contributed by atoms with van der Waals surface area (Å²) in [6, 6.07) is 13.1. The van der Waals surface area contributed by atoms with Gasteiger partial charge >= 0.3 is 0 Å². The minimum absolute atomic E-state index is 0.0857. The summed E-state index contributed by atoms with van der Waals surface area (Å²) in [5.74, 6) is 2.33. The van der Waals surface area contributed by atoms with Crippen LogP contribution in [0.15, 0.2) is 54.9 Å². The first-order valence-electron chi connectivity index (χ1n) is 10.4. The van der Waals surface area contributed by atoms with Crippen molar-refractivity contribution in [1.29, 1.82) is 0 Å². The van der Waals surface area contributed by atoms with E-state index >= 15 is 0 Å². The number of halogens is 1. The van der Waals surface area contributed by atoms with Crippen molar-refractivity contribution in [2.75, 3.05) is 27.3 Å². The van der Waals surface area contributed by atoms with Gasteiger partial charge in [-0.1, -0.05) is 11.6 Å². The molecule has 162 valence electrons. The Balaban J connectivity index is 1.48. The molecule has 6 nitrogen and oxygen atoms in total. The molecule has 1 aliphatic heterocycles. The zero-order valence-corrected chi connectivity index (χ0v) is 18.5. The topological polar surface area (TPSA) is 56.6 Å². The Morgan fingerprint density at radius 3 is 2.71 bits per heavy atom. The summed E-state index contributed by atoms with van der Waals surface area (Å²) in [5, 5.41) is 0.540. The van der Waals surface area contributed by atoms with Crippen LogP contribution in [-0.4, -0.2) is 47.5 Å². The average molecular weight is 440 g/mol. The van der Waals surface area contributed by atoms with Crippen molar-refractivity contribution < 1.29 is 14.3 Å². The molecular formula is C24H26ClN3O3. The van der Waals surface area contributed by atoms with Crippen molar-refractivity contribution in [1.82, 2.24) is 14.5 Å². The number of benzene rings is 2. The zero-order chi connectivity index (χ0) is 21.8. The maximum atomic E-state index is 13.2. The number of nitrogens with zero attached hydrogens (tertiary/aromatic N) is 3. The van der Waals surface area contributed by atoms with Crippen molar-refractivity contribution in [2.24, 2.45) is 5.92 Å². The molecule has 7 heteroatoms. The average Bonchev–Trinajstić information content (AvgIpc) is 3.26. The van der Waals surface area contributed by atoms with E-state index in [1.807, 2.05) is 36.7 Å². The van der Waals surface area contributed by atoms with Crippen LogP contribution in [0.3, 0.4) is 0 Å². The van der Waals surface area contributed by atoms with Crippen LogP contribution >= 0.6 is 11.6 Å². The molecule has 31 heavy (non-hydrogen) atoms. The fourth-order valence-electron chi connectivity index (χ4n) is 4.14. The largest absolute Gasteiger partial charge is 0.497 e. The Labute approximate surface area is 187 Å². The maximum Gasteiger partial charge on any atom is 0.170 e. The fourth-order valence-corrected chi connectivity index (χ4v) is 4.31. The van der Waals surface area contributed by atoms with Gasteiger partial charge in [-0.3, -0.25) is 9.69 Å². The lowest BCUT2D eigenvalue weighted by Gasteiger charge is -2.32. The molecule has 0 bridgehead atoms. The Bertz CT molecular complexity index is 1050. The third kappa shape index (κ3) is 4.75. The first-order valence-corrected chi connectivity index (χ1v) is 10.7. The predicted octanol–water partition coefficient (Wildman–Crippen LogP) is 4.64. The van der Waals surface area contributed by atoms with Gasteiger partial charge in [0.1, 0.15) is 17.3 Å². The minimum Gasteiger partial charge on any atom is -0.497 e. The molecule has 0 spiro atoms. The maximum absolute atomic E-state index is 13.2. The van der Waals surface area contributed by atoms with Crippen molar-refractivity contribution in [3.8, 4) is 17.2 Å². The Morgan fingerprint density at radius 1 is 1.16 bits per heavy atom. The van der Waals surface area contributed by atoms with Crippen LogP contribution in [0.25, 0.3) is 5.69 Å². The van der Waals surface area contributed by atoms with Crippen LogP contribution < -0.4 is 9.47 Å². The number of ketones is 1. The van der Waals surface area contributed by atoms with E-state index in [1.54, 1.807) is 32.4 Å². The third-order valence-corrected chi connectivity index (χ3v) is 5.97. The first-order chi connectivity index (χ1) is 15.1. The number of ether oxygens (including phenoxy) is 2. The molecule has 0 unspecified atom stereocenters. The number of methoxy groups -OCH3 is 2. The van der Waals surface area contributed by atoms with Crippen molar-refractivity contribution in [2.45, 2.75) is 19.4 Å². The number of piperidine rings is 1. The van der Waals surface area contributed by atoms with E-state index in [9.17, 15) is 4.79 Å². The monoisotopic (exact) mass is 439 g/mol. The number of imidazole rings is 1. The van der Waals surface area contributed by atoms with E-state index in [1.165, 1.54) is 0 Å². The van der Waals surface area contributed by atoms with Gasteiger partial charge in [-0.2, -0.15) is 0 Å². The number of carbonyl (C=O) groups is 1. The zero-order valence-electron chi connectivity index (χ0n) is 17.8. The second kappa shape index (κ2) is 9.54. The summed E-state index contributed by atoms with van der Waals surface area (Å²) < 4.78 is 12.7. The van der Waals surface area contributed by atoms with Gasteiger partial charge in [0.2, 0.25) is 0 Å². The molecule has 2 heterocycles. The van der Waals surface area contributed by atoms with Crippen LogP contribution in [0.1, 0.15) is 29.0 Å². The molecule has 1 aliphatic rings. The normalized spacial score (nSPS) is 16.8. The molecule has 0 amide bonds. The molecule has 0 N–H and O–H groups in total. The van der Waals surface area contributed by atoms with Gasteiger partial charge in [-0.05, 0) is 61.9 Å². The third-order valence-electron chi connectivity index (χ3n) is 5.74. The predicted molar refractivity (Wildman–Crippen MR) is 120 cm³/mol. The van der Waals surface area contributed by atoms with E-state index in [4.69, 9.17) is 21.1 Å². The van der Waals surface area contributed by atoms with Gasteiger partial charge in [-0.15, -0.1) is 0 Å². The van der Waals surface area contributed by atoms with Gasteiger partial charge in [0.25, 0.3) is 0 Å². The summed E-state index contributed by atoms with van der Waals surface area (Å²) in [4.78, 5) is 20.1. The number of aromatic nitrogens is 2. The lowest BCUT2D eigenvalue weighted by atomic mass is 9.89. The highest BCUT2D eigenvalue weighted by Crippen LogP contribution is 2.29. The molecular weight excluding hydrogens is 414 g/mol. The van der Waals surface area contributed by atoms with Crippen LogP contribution in [0, 0.1) is 5.92 Å². The number of Topliss-reactive ketones (excluding diaryl/α,β-unsaturated/α-hetero) is 1. The Hall–Kier alpha value is -2.83. The molecule has 1 fully saturated rings. The molecule has 1 aromatic heterocycles. The fraction of sp³-hybridized carbons (Fsp3) is 0.333. The van der Waals surface area contributed by atoms with E-state index in [0.29, 0.717) is 29.4 Å². The first kappa shape index (κ1) is 21.4. The summed E-state index contributed by atoms with van der Waals surface area (Å²) in [6.07, 6.45) is 5.59. The minimum atomic E-state index is -0.0921. The highest BCUT2D eigenvalue weighted by atomic mass is 35.5. The molecule has 0 saturated carbocycles. The van der Waals surface area contributed by atoms with Crippen LogP contribution in [0.5, 0.6) is 11.5 Å². The number of likely N-dealkylation sites (tertiary alicyclic amines) is 1. The number of hydrogen-bond donors (Lipinski definition) is 0. The summed E-state index contributed by atoms with van der Waals surface area (Å²) >= 11 is 6.14. The standard InChI is InChI=1S/C24H26ClN3O3/c1-30-20-8-6-19(7-9-20)28-13-11-26-23(28)16-27-12-3-4-17(15-27)24(29)21-14-18(25)5-10-22(21)31-2/h5-11,13-14,17H,3-4,12,15-16H2,1-2H3/t17-/m0/s1. The molecule has 2 aromatic carbocycles. The summed E-state index contributed by atoms with van der Waals surface area (Å²) in [5.41, 5.74) is 1.59. The molecule has 0 aliphatic carbocycles. The SMILES string of the molecule is COc1ccc(-n2ccnc2CN2CCC[C@H](C(=O)c3cc(Cl)ccc3OC)C2)cc1. The van der Waals surface area contributed by atoms with E-state index in [-0.39, 0.29) is 11.7 Å². The second-order valence-corrected chi connectivity index (χ2v) is 8.13. The number of rotatable bonds is 7. The quantitative estimate of drug-likeness (QED) is 0.502. The number of hydrogen-bond acceptors (Lipinski definition) is 5. The van der Waals surface area contributed by atoms with Gasteiger partial charge < -0.3 is 14.0 Å². The Kier molecular flexibility index (Phi) is 6.59. The molecule has 4 rings (SSSR count). The number of carbonyl (C=O) groups excluding carboxylic acids is 1. The van der Waals surface area contributed by atoms with Crippen molar-refractivity contribution >= 4 is 17.4 Å². The van der Waals surface area contributed by atoms with Crippen molar-refractivity contribution in [3.63, 3.8) is 0 Å². The second-order valence-electron chi connectivity index (χ2n) is 7.69. The highest BCUT2D eigenvalue weighted by Gasteiger charge is 2.29. The molecule has 3 aromatic rings. The summed E-state index contributed by atoms with van der Waals surface area (Å²) in [7, 11) is 3.23. The van der Waals surface area contributed by atoms with Crippen LogP contribution in [0.4, 0.5) is 0 Å². The van der Waals surface area contributed by atoms with E-state index < -0.39 is 0 Å².